The number of para-hydroxylation sites is 1. The van der Waals surface area contributed by atoms with Gasteiger partial charge in [0.15, 0.2) is 5.75 Å². The largest absolute Gasteiger partial charge is 0.505 e. The van der Waals surface area contributed by atoms with Gasteiger partial charge in [-0.15, -0.1) is 0 Å². The topological polar surface area (TPSA) is 84.9 Å². The maximum absolute atomic E-state index is 12.4. The van der Waals surface area contributed by atoms with Gasteiger partial charge < -0.3 is 19.9 Å². The molecule has 0 aliphatic rings. The van der Waals surface area contributed by atoms with E-state index in [1.807, 2.05) is 60.7 Å². The van der Waals surface area contributed by atoms with Crippen LogP contribution in [0.25, 0.3) is 0 Å². The molecule has 0 bridgehead atoms. The van der Waals surface area contributed by atoms with Crippen molar-refractivity contribution in [3.63, 3.8) is 0 Å². The number of aromatic hydroxyl groups is 1. The molecule has 0 saturated carbocycles. The zero-order chi connectivity index (χ0) is 20.6. The summed E-state index contributed by atoms with van der Waals surface area (Å²) in [7, 11) is 1.22. The highest BCUT2D eigenvalue weighted by Crippen LogP contribution is 2.29. The molecule has 29 heavy (non-hydrogen) atoms. The van der Waals surface area contributed by atoms with Gasteiger partial charge in [0.25, 0.3) is 5.91 Å². The van der Waals surface area contributed by atoms with Crippen molar-refractivity contribution in [2.45, 2.75) is 6.10 Å². The molecule has 0 fully saturated rings. The Morgan fingerprint density at radius 3 is 2.03 bits per heavy atom. The summed E-state index contributed by atoms with van der Waals surface area (Å²) in [6.07, 6.45) is -0.418. The van der Waals surface area contributed by atoms with Crippen molar-refractivity contribution >= 4 is 17.6 Å². The number of amides is 1. The lowest BCUT2D eigenvalue weighted by Crippen LogP contribution is -2.21. The van der Waals surface area contributed by atoms with E-state index in [1.165, 1.54) is 19.2 Å². The second-order valence-electron chi connectivity index (χ2n) is 6.25. The van der Waals surface area contributed by atoms with Crippen molar-refractivity contribution < 1.29 is 24.2 Å². The quantitative estimate of drug-likeness (QED) is 0.471. The van der Waals surface area contributed by atoms with Gasteiger partial charge in [0.2, 0.25) is 0 Å². The number of carbonyl (C=O) groups excluding carboxylic acids is 2. The number of ether oxygens (including phenoxy) is 2. The number of rotatable bonds is 7. The van der Waals surface area contributed by atoms with Crippen molar-refractivity contribution in [1.82, 2.24) is 0 Å². The number of phenols is 1. The van der Waals surface area contributed by atoms with E-state index in [0.29, 0.717) is 0 Å². The molecule has 2 N–H and O–H groups in total. The summed E-state index contributed by atoms with van der Waals surface area (Å²) < 4.78 is 10.5. The van der Waals surface area contributed by atoms with Gasteiger partial charge in [0, 0.05) is 0 Å². The minimum absolute atomic E-state index is 0.0299. The lowest BCUT2D eigenvalue weighted by Gasteiger charge is -2.19. The average molecular weight is 391 g/mol. The lowest BCUT2D eigenvalue weighted by molar-refractivity contribution is -0.121. The maximum Gasteiger partial charge on any atom is 0.341 e. The predicted molar refractivity (Wildman–Crippen MR) is 109 cm³/mol. The van der Waals surface area contributed by atoms with Crippen LogP contribution in [0.4, 0.5) is 5.69 Å². The van der Waals surface area contributed by atoms with E-state index in [2.05, 4.69) is 10.1 Å². The molecule has 0 unspecified atom stereocenters. The molecule has 0 saturated heterocycles. The van der Waals surface area contributed by atoms with Crippen LogP contribution >= 0.6 is 0 Å². The second-order valence-corrected chi connectivity index (χ2v) is 6.25. The number of nitrogens with one attached hydrogen (secondary N) is 1. The van der Waals surface area contributed by atoms with Gasteiger partial charge >= 0.3 is 5.97 Å². The molecule has 3 aromatic carbocycles. The van der Waals surface area contributed by atoms with Crippen LogP contribution in [0.15, 0.2) is 78.9 Å². The number of carbonyl (C=O) groups is 2. The van der Waals surface area contributed by atoms with Gasteiger partial charge in [-0.05, 0) is 23.3 Å². The first kappa shape index (κ1) is 20.1. The van der Waals surface area contributed by atoms with E-state index in [9.17, 15) is 14.7 Å². The van der Waals surface area contributed by atoms with E-state index in [4.69, 9.17) is 4.74 Å². The average Bonchev–Trinajstić information content (AvgIpc) is 2.76. The normalized spacial score (nSPS) is 10.6. The standard InChI is InChI=1S/C23H21NO5/c1-28-23(27)18-13-8-14-19(21(18)26)24-20(25)15-29-22(16-9-4-2-5-10-16)17-11-6-3-7-12-17/h2-14,22,26H,15H2,1H3,(H,24,25). The summed E-state index contributed by atoms with van der Waals surface area (Å²) in [5.74, 6) is -1.50. The van der Waals surface area contributed by atoms with Crippen molar-refractivity contribution in [3.05, 3.63) is 95.6 Å². The number of hydrogen-bond donors (Lipinski definition) is 2. The molecular formula is C23H21NO5. The molecule has 6 heteroatoms. The van der Waals surface area contributed by atoms with Gasteiger partial charge in [-0.25, -0.2) is 4.79 Å². The van der Waals surface area contributed by atoms with Crippen LogP contribution in [0.3, 0.4) is 0 Å². The Kier molecular flexibility index (Phi) is 6.60. The molecule has 0 aliphatic carbocycles. The summed E-state index contributed by atoms with van der Waals surface area (Å²) in [5.41, 5.74) is 1.92. The Hall–Kier alpha value is -3.64. The fourth-order valence-corrected chi connectivity index (χ4v) is 2.90. The van der Waals surface area contributed by atoms with Crippen LogP contribution in [0.1, 0.15) is 27.6 Å². The first-order valence-corrected chi connectivity index (χ1v) is 9.01. The van der Waals surface area contributed by atoms with E-state index < -0.39 is 18.0 Å². The third-order valence-electron chi connectivity index (χ3n) is 4.30. The Morgan fingerprint density at radius 2 is 1.48 bits per heavy atom. The Bertz CT molecular complexity index is 934. The molecule has 6 nitrogen and oxygen atoms in total. The molecular weight excluding hydrogens is 370 g/mol. The maximum atomic E-state index is 12.4. The Morgan fingerprint density at radius 1 is 0.897 bits per heavy atom. The van der Waals surface area contributed by atoms with Crippen LogP contribution in [0.2, 0.25) is 0 Å². The molecule has 0 aromatic heterocycles. The first-order chi connectivity index (χ1) is 14.1. The Balaban J connectivity index is 1.72. The third kappa shape index (κ3) is 5.00. The minimum atomic E-state index is -0.692. The van der Waals surface area contributed by atoms with Crippen LogP contribution in [-0.4, -0.2) is 30.7 Å². The molecule has 148 valence electrons. The number of methoxy groups -OCH3 is 1. The molecule has 0 spiro atoms. The van der Waals surface area contributed by atoms with Gasteiger partial charge in [-0.3, -0.25) is 4.79 Å². The molecule has 0 radical (unpaired) electrons. The molecule has 3 rings (SSSR count). The van der Waals surface area contributed by atoms with Crippen LogP contribution in [0.5, 0.6) is 5.75 Å². The fraction of sp³-hybridized carbons (Fsp3) is 0.130. The summed E-state index contributed by atoms with van der Waals surface area (Å²) in [5, 5.41) is 12.8. The van der Waals surface area contributed by atoms with Gasteiger partial charge in [-0.2, -0.15) is 0 Å². The van der Waals surface area contributed by atoms with E-state index in [-0.39, 0.29) is 23.6 Å². The van der Waals surface area contributed by atoms with E-state index >= 15 is 0 Å². The van der Waals surface area contributed by atoms with Crippen LogP contribution in [-0.2, 0) is 14.3 Å². The van der Waals surface area contributed by atoms with Crippen LogP contribution < -0.4 is 5.32 Å². The van der Waals surface area contributed by atoms with E-state index in [0.717, 1.165) is 11.1 Å². The molecule has 0 aliphatic heterocycles. The number of esters is 1. The second kappa shape index (κ2) is 9.52. The van der Waals surface area contributed by atoms with Crippen molar-refractivity contribution in [2.75, 3.05) is 19.0 Å². The van der Waals surface area contributed by atoms with Crippen molar-refractivity contribution in [1.29, 1.82) is 0 Å². The number of anilines is 1. The smallest absolute Gasteiger partial charge is 0.341 e. The summed E-state index contributed by atoms with van der Waals surface area (Å²) in [6, 6.07) is 23.6. The monoisotopic (exact) mass is 391 g/mol. The number of benzene rings is 3. The summed E-state index contributed by atoms with van der Waals surface area (Å²) in [6.45, 7) is -0.240. The zero-order valence-electron chi connectivity index (χ0n) is 15.9. The molecule has 3 aromatic rings. The number of phenolic OH excluding ortho intramolecular Hbond substituents is 1. The van der Waals surface area contributed by atoms with Crippen molar-refractivity contribution in [3.8, 4) is 5.75 Å². The number of hydrogen-bond acceptors (Lipinski definition) is 5. The molecule has 1 amide bonds. The highest BCUT2D eigenvalue weighted by atomic mass is 16.5. The van der Waals surface area contributed by atoms with Crippen molar-refractivity contribution in [2.24, 2.45) is 0 Å². The SMILES string of the molecule is COC(=O)c1cccc(NC(=O)COC(c2ccccc2)c2ccccc2)c1O. The Labute approximate surface area is 168 Å². The fourth-order valence-electron chi connectivity index (χ4n) is 2.90. The van der Waals surface area contributed by atoms with Crippen LogP contribution in [0, 0.1) is 0 Å². The highest BCUT2D eigenvalue weighted by molar-refractivity contribution is 5.98. The minimum Gasteiger partial charge on any atom is -0.505 e. The first-order valence-electron chi connectivity index (χ1n) is 9.01. The van der Waals surface area contributed by atoms with Gasteiger partial charge in [-0.1, -0.05) is 66.7 Å². The van der Waals surface area contributed by atoms with Gasteiger partial charge in [0.05, 0.1) is 12.8 Å². The molecule has 0 atom stereocenters. The summed E-state index contributed by atoms with van der Waals surface area (Å²) >= 11 is 0. The van der Waals surface area contributed by atoms with E-state index in [1.54, 1.807) is 6.07 Å². The summed E-state index contributed by atoms with van der Waals surface area (Å²) in [4.78, 5) is 24.1. The third-order valence-corrected chi connectivity index (χ3v) is 4.30. The lowest BCUT2D eigenvalue weighted by atomic mass is 10.0. The zero-order valence-corrected chi connectivity index (χ0v) is 15.9. The highest BCUT2D eigenvalue weighted by Gasteiger charge is 2.18. The predicted octanol–water partition coefficient (Wildman–Crippen LogP) is 3.92. The van der Waals surface area contributed by atoms with Gasteiger partial charge in [0.1, 0.15) is 18.3 Å². The molecule has 0 heterocycles.